The van der Waals surface area contributed by atoms with E-state index < -0.39 is 0 Å². The van der Waals surface area contributed by atoms with Crippen molar-refractivity contribution in [2.45, 2.75) is 52.0 Å². The van der Waals surface area contributed by atoms with E-state index >= 15 is 0 Å². The van der Waals surface area contributed by atoms with Crippen LogP contribution in [0.1, 0.15) is 47.0 Å². The van der Waals surface area contributed by atoms with Crippen LogP contribution in [0.5, 0.6) is 0 Å². The molecule has 0 saturated heterocycles. The van der Waals surface area contributed by atoms with E-state index in [0.29, 0.717) is 0 Å². The predicted molar refractivity (Wildman–Crippen MR) is 59.6 cm³/mol. The van der Waals surface area contributed by atoms with Crippen LogP contribution in [0.25, 0.3) is 0 Å². The fourth-order valence-corrected chi connectivity index (χ4v) is 4.34. The molecule has 1 fully saturated rings. The molecule has 12 heavy (non-hydrogen) atoms. The van der Waals surface area contributed by atoms with Crippen molar-refractivity contribution in [3.05, 3.63) is 0 Å². The number of rotatable bonds is 2. The van der Waals surface area contributed by atoms with Crippen LogP contribution in [-0.4, -0.2) is 10.2 Å². The van der Waals surface area contributed by atoms with Gasteiger partial charge in [0.05, 0.1) is 0 Å². The Morgan fingerprint density at radius 1 is 1.25 bits per heavy atom. The minimum Gasteiger partial charge on any atom is -0.0625 e. The predicted octanol–water partition coefficient (Wildman–Crippen LogP) is 2.62. The van der Waals surface area contributed by atoms with E-state index in [0.717, 1.165) is 22.8 Å². The Balaban J connectivity index is 2.74. The molecule has 72 valence electrons. The molecule has 0 aromatic rings. The summed E-state index contributed by atoms with van der Waals surface area (Å²) in [5.74, 6) is 2.86. The molecule has 0 amide bonds. The molecule has 1 rings (SSSR count). The van der Waals surface area contributed by atoms with Gasteiger partial charge < -0.3 is 0 Å². The highest BCUT2D eigenvalue weighted by molar-refractivity contribution is 6.15. The van der Waals surface area contributed by atoms with Crippen LogP contribution in [0.3, 0.4) is 0 Å². The molecular weight excluding hydrogens is 160 g/mol. The second-order valence-corrected chi connectivity index (χ2v) is 7.27. The van der Waals surface area contributed by atoms with Crippen LogP contribution in [0, 0.1) is 17.8 Å². The van der Waals surface area contributed by atoms with E-state index in [2.05, 4.69) is 27.7 Å². The zero-order valence-electron chi connectivity index (χ0n) is 9.35. The van der Waals surface area contributed by atoms with Crippen molar-refractivity contribution in [1.29, 1.82) is 0 Å². The second kappa shape index (κ2) is 3.53. The normalized spacial score (nSPS) is 37.0. The van der Waals surface area contributed by atoms with Crippen LogP contribution in [0.4, 0.5) is 0 Å². The standard InChI is InChI=1S/C11H24Si/c1-8(2)10-6-5-7-11(10,12)9(3)4/h8-10H,5-7H2,1-4,12H3. The molecule has 2 unspecified atom stereocenters. The van der Waals surface area contributed by atoms with Gasteiger partial charge in [-0.05, 0) is 29.2 Å². The largest absolute Gasteiger partial charge is 0.0625 e. The van der Waals surface area contributed by atoms with Crippen LogP contribution >= 0.6 is 0 Å². The maximum atomic E-state index is 2.42. The molecule has 0 aliphatic heterocycles. The fraction of sp³-hybridized carbons (Fsp3) is 1.00. The first-order chi connectivity index (χ1) is 5.48. The Hall–Kier alpha value is 0.217. The highest BCUT2D eigenvalue weighted by atomic mass is 28.1. The summed E-state index contributed by atoms with van der Waals surface area (Å²) in [5, 5.41) is 0.772. The first-order valence-corrected chi connectivity index (χ1v) is 6.48. The molecular formula is C11H24Si. The third kappa shape index (κ3) is 1.61. The number of hydrogen-bond donors (Lipinski definition) is 0. The summed E-state index contributed by atoms with van der Waals surface area (Å²) in [6.45, 7) is 9.66. The smallest absolute Gasteiger partial charge is 0.0113 e. The molecule has 0 nitrogen and oxygen atoms in total. The molecule has 1 aliphatic carbocycles. The average Bonchev–Trinajstić information content (AvgIpc) is 2.32. The van der Waals surface area contributed by atoms with Gasteiger partial charge in [-0.2, -0.15) is 0 Å². The SMILES string of the molecule is CC(C)C1CCCC1([SiH3])C(C)C. The zero-order chi connectivity index (χ0) is 9.35. The summed E-state index contributed by atoms with van der Waals surface area (Å²) in [7, 11) is 1.40. The van der Waals surface area contributed by atoms with Gasteiger partial charge in [0.15, 0.2) is 0 Å². The van der Waals surface area contributed by atoms with Gasteiger partial charge in [0.2, 0.25) is 0 Å². The topological polar surface area (TPSA) is 0 Å². The van der Waals surface area contributed by atoms with Crippen molar-refractivity contribution in [1.82, 2.24) is 0 Å². The van der Waals surface area contributed by atoms with Crippen molar-refractivity contribution in [3.8, 4) is 0 Å². The van der Waals surface area contributed by atoms with Gasteiger partial charge in [-0.15, -0.1) is 0 Å². The minimum atomic E-state index is 0.772. The summed E-state index contributed by atoms with van der Waals surface area (Å²) in [4.78, 5) is 0. The summed E-state index contributed by atoms with van der Waals surface area (Å²) in [5.41, 5.74) is 0. The lowest BCUT2D eigenvalue weighted by molar-refractivity contribution is 0.254. The summed E-state index contributed by atoms with van der Waals surface area (Å²) < 4.78 is 0. The highest BCUT2D eigenvalue weighted by Crippen LogP contribution is 2.55. The fourth-order valence-electron chi connectivity index (χ4n) is 3.03. The maximum absolute atomic E-state index is 2.42. The number of hydrogen-bond acceptors (Lipinski definition) is 0. The molecule has 0 aromatic heterocycles. The molecule has 1 aliphatic rings. The Labute approximate surface area is 80.6 Å². The van der Waals surface area contributed by atoms with E-state index in [9.17, 15) is 0 Å². The molecule has 0 bridgehead atoms. The monoisotopic (exact) mass is 184 g/mol. The van der Waals surface area contributed by atoms with Crippen molar-refractivity contribution >= 4 is 10.2 Å². The molecule has 2 atom stereocenters. The molecule has 0 aromatic carbocycles. The third-order valence-electron chi connectivity index (χ3n) is 4.20. The van der Waals surface area contributed by atoms with E-state index in [1.807, 2.05) is 0 Å². The van der Waals surface area contributed by atoms with E-state index in [1.54, 1.807) is 0 Å². The summed E-state index contributed by atoms with van der Waals surface area (Å²) in [6, 6.07) is 0. The molecule has 0 spiro atoms. The molecule has 0 heterocycles. The van der Waals surface area contributed by atoms with Gasteiger partial charge in [0, 0.05) is 10.2 Å². The van der Waals surface area contributed by atoms with Crippen LogP contribution in [-0.2, 0) is 0 Å². The van der Waals surface area contributed by atoms with Gasteiger partial charge in [-0.25, -0.2) is 0 Å². The lowest BCUT2D eigenvalue weighted by atomic mass is 9.78. The Bertz CT molecular complexity index is 151. The van der Waals surface area contributed by atoms with Gasteiger partial charge >= 0.3 is 0 Å². The first-order valence-electron chi connectivity index (χ1n) is 5.48. The lowest BCUT2D eigenvalue weighted by Gasteiger charge is -2.38. The Morgan fingerprint density at radius 2 is 1.83 bits per heavy atom. The van der Waals surface area contributed by atoms with Crippen molar-refractivity contribution in [2.24, 2.45) is 17.8 Å². The summed E-state index contributed by atoms with van der Waals surface area (Å²) in [6.07, 6.45) is 4.50. The molecule has 1 saturated carbocycles. The van der Waals surface area contributed by atoms with Gasteiger partial charge in [-0.1, -0.05) is 40.5 Å². The second-order valence-electron chi connectivity index (χ2n) is 5.40. The van der Waals surface area contributed by atoms with Gasteiger partial charge in [0.25, 0.3) is 0 Å². The van der Waals surface area contributed by atoms with Crippen molar-refractivity contribution in [3.63, 3.8) is 0 Å². The Morgan fingerprint density at radius 3 is 2.17 bits per heavy atom. The van der Waals surface area contributed by atoms with Crippen LogP contribution < -0.4 is 0 Å². The quantitative estimate of drug-likeness (QED) is 0.579. The van der Waals surface area contributed by atoms with Crippen molar-refractivity contribution < 1.29 is 0 Å². The molecule has 0 radical (unpaired) electrons. The van der Waals surface area contributed by atoms with Crippen LogP contribution in [0.2, 0.25) is 5.04 Å². The summed E-state index contributed by atoms with van der Waals surface area (Å²) >= 11 is 0. The van der Waals surface area contributed by atoms with Gasteiger partial charge in [-0.3, -0.25) is 0 Å². The minimum absolute atomic E-state index is 0.772. The van der Waals surface area contributed by atoms with E-state index in [1.165, 1.54) is 29.5 Å². The first kappa shape index (κ1) is 10.3. The average molecular weight is 184 g/mol. The molecule has 1 heteroatoms. The van der Waals surface area contributed by atoms with Gasteiger partial charge in [0.1, 0.15) is 0 Å². The lowest BCUT2D eigenvalue weighted by Crippen LogP contribution is -2.27. The zero-order valence-corrected chi connectivity index (χ0v) is 11.4. The van der Waals surface area contributed by atoms with E-state index in [4.69, 9.17) is 0 Å². The molecule has 0 N–H and O–H groups in total. The van der Waals surface area contributed by atoms with E-state index in [-0.39, 0.29) is 0 Å². The third-order valence-corrected chi connectivity index (χ3v) is 6.60. The highest BCUT2D eigenvalue weighted by Gasteiger charge is 2.41. The van der Waals surface area contributed by atoms with Crippen molar-refractivity contribution in [2.75, 3.05) is 0 Å². The maximum Gasteiger partial charge on any atom is 0.0113 e. The Kier molecular flexibility index (Phi) is 3.03. The van der Waals surface area contributed by atoms with Crippen LogP contribution in [0.15, 0.2) is 0 Å².